The first kappa shape index (κ1) is 27.4. The summed E-state index contributed by atoms with van der Waals surface area (Å²) in [5.74, 6) is -0.126. The molecule has 0 aliphatic carbocycles. The first-order valence-electron chi connectivity index (χ1n) is 11.3. The second-order valence-electron chi connectivity index (χ2n) is 7.31. The summed E-state index contributed by atoms with van der Waals surface area (Å²) in [6.07, 6.45) is 26.2. The molecule has 0 aliphatic rings. The molecule has 0 aliphatic heterocycles. The molecule has 0 aromatic rings. The van der Waals surface area contributed by atoms with Gasteiger partial charge in [-0.25, -0.2) is 0 Å². The molecule has 0 fully saturated rings. The normalized spacial score (nSPS) is 14.5. The third kappa shape index (κ3) is 18.1. The van der Waals surface area contributed by atoms with Crippen molar-refractivity contribution in [1.82, 2.24) is 5.32 Å². The lowest BCUT2D eigenvalue weighted by Crippen LogP contribution is -2.45. The van der Waals surface area contributed by atoms with E-state index in [9.17, 15) is 15.0 Å². The maximum absolute atomic E-state index is 12.0. The highest BCUT2D eigenvalue weighted by Gasteiger charge is 2.19. The van der Waals surface area contributed by atoms with Gasteiger partial charge in [0.25, 0.3) is 0 Å². The Labute approximate surface area is 178 Å². The molecule has 0 rings (SSSR count). The summed E-state index contributed by atoms with van der Waals surface area (Å²) < 4.78 is 0. The van der Waals surface area contributed by atoms with Gasteiger partial charge in [0.1, 0.15) is 0 Å². The number of carbonyl (C=O) groups excluding carboxylic acids is 1. The first-order valence-corrected chi connectivity index (χ1v) is 11.3. The van der Waals surface area contributed by atoms with Crippen LogP contribution in [0.1, 0.15) is 84.5 Å². The van der Waals surface area contributed by atoms with Crippen molar-refractivity contribution < 1.29 is 15.0 Å². The van der Waals surface area contributed by atoms with Crippen molar-refractivity contribution in [2.45, 2.75) is 96.6 Å². The predicted molar refractivity (Wildman–Crippen MR) is 124 cm³/mol. The average molecular weight is 406 g/mol. The van der Waals surface area contributed by atoms with Crippen molar-refractivity contribution in [1.29, 1.82) is 0 Å². The van der Waals surface area contributed by atoms with Gasteiger partial charge >= 0.3 is 0 Å². The zero-order valence-electron chi connectivity index (χ0n) is 18.6. The zero-order valence-corrected chi connectivity index (χ0v) is 18.6. The van der Waals surface area contributed by atoms with Crippen molar-refractivity contribution in [3.05, 3.63) is 48.6 Å². The third-order valence-corrected chi connectivity index (χ3v) is 4.62. The van der Waals surface area contributed by atoms with Crippen molar-refractivity contribution in [3.8, 4) is 0 Å². The van der Waals surface area contributed by atoms with E-state index in [0.29, 0.717) is 19.3 Å². The van der Waals surface area contributed by atoms with Crippen LogP contribution in [-0.4, -0.2) is 34.9 Å². The monoisotopic (exact) mass is 405 g/mol. The van der Waals surface area contributed by atoms with Gasteiger partial charge in [0, 0.05) is 6.42 Å². The van der Waals surface area contributed by atoms with E-state index in [1.54, 1.807) is 0 Å². The van der Waals surface area contributed by atoms with E-state index in [-0.39, 0.29) is 12.5 Å². The third-order valence-electron chi connectivity index (χ3n) is 4.62. The number of amides is 1. The molecule has 0 aromatic heterocycles. The Hall–Kier alpha value is -1.65. The fraction of sp³-hybridized carbons (Fsp3) is 0.640. The van der Waals surface area contributed by atoms with E-state index >= 15 is 0 Å². The Balaban J connectivity index is 3.86. The number of allylic oxidation sites excluding steroid dienone is 8. The predicted octanol–water partition coefficient (Wildman–Crippen LogP) is 5.38. The lowest BCUT2D eigenvalue weighted by Gasteiger charge is -2.22. The van der Waals surface area contributed by atoms with Crippen LogP contribution in [0.25, 0.3) is 0 Å². The highest BCUT2D eigenvalue weighted by atomic mass is 16.3. The minimum absolute atomic E-state index is 0.126. The number of carbonyl (C=O) groups is 1. The molecule has 4 nitrogen and oxygen atoms in total. The number of aliphatic hydroxyl groups excluding tert-OH is 2. The van der Waals surface area contributed by atoms with Crippen molar-refractivity contribution in [3.63, 3.8) is 0 Å². The molecule has 0 bridgehead atoms. The lowest BCUT2D eigenvalue weighted by atomic mass is 10.0. The number of hydrogen-bond donors (Lipinski definition) is 3. The Morgan fingerprint density at radius 2 is 1.45 bits per heavy atom. The Morgan fingerprint density at radius 1 is 0.862 bits per heavy atom. The molecule has 0 saturated carbocycles. The van der Waals surface area contributed by atoms with Gasteiger partial charge in [0.05, 0.1) is 18.8 Å². The van der Waals surface area contributed by atoms with Crippen LogP contribution in [0.15, 0.2) is 48.6 Å². The van der Waals surface area contributed by atoms with Gasteiger partial charge < -0.3 is 15.5 Å². The van der Waals surface area contributed by atoms with Crippen LogP contribution in [0.5, 0.6) is 0 Å². The van der Waals surface area contributed by atoms with E-state index in [2.05, 4.69) is 61.7 Å². The fourth-order valence-electron chi connectivity index (χ4n) is 2.84. The Morgan fingerprint density at radius 3 is 2.00 bits per heavy atom. The van der Waals surface area contributed by atoms with Gasteiger partial charge in [0.2, 0.25) is 5.91 Å². The van der Waals surface area contributed by atoms with Gasteiger partial charge in [-0.05, 0) is 38.5 Å². The maximum Gasteiger partial charge on any atom is 0.220 e. The molecular formula is C25H43NO3. The SMILES string of the molecule is CC/C=C\C/C=C\C/C=C\C/C=C\CCC(=O)NC(CO)C(O)CCCCCC. The van der Waals surface area contributed by atoms with Crippen LogP contribution in [0, 0.1) is 0 Å². The molecule has 0 heterocycles. The van der Waals surface area contributed by atoms with Gasteiger partial charge in [-0.1, -0.05) is 88.1 Å². The first-order chi connectivity index (χ1) is 14.2. The average Bonchev–Trinajstić information content (AvgIpc) is 2.72. The summed E-state index contributed by atoms with van der Waals surface area (Å²) in [4.78, 5) is 12.0. The molecule has 0 radical (unpaired) electrons. The molecule has 0 aromatic carbocycles. The van der Waals surface area contributed by atoms with E-state index in [0.717, 1.165) is 51.4 Å². The summed E-state index contributed by atoms with van der Waals surface area (Å²) in [6.45, 7) is 4.05. The highest BCUT2D eigenvalue weighted by Crippen LogP contribution is 2.09. The standard InChI is InChI=1S/C25H43NO3/c1-3-5-7-9-10-11-12-13-14-15-16-17-19-21-25(29)26-23(22-27)24(28)20-18-8-6-4-2/h5,7,10-11,13-14,16-17,23-24,27-28H,3-4,6,8-9,12,15,18-22H2,1-2H3,(H,26,29)/b7-5-,11-10-,14-13-,17-16-. The van der Waals surface area contributed by atoms with Crippen LogP contribution in [0.2, 0.25) is 0 Å². The number of rotatable bonds is 18. The molecule has 29 heavy (non-hydrogen) atoms. The smallest absolute Gasteiger partial charge is 0.220 e. The van der Waals surface area contributed by atoms with Crippen molar-refractivity contribution >= 4 is 5.91 Å². The van der Waals surface area contributed by atoms with Crippen LogP contribution in [-0.2, 0) is 4.79 Å². The molecular weight excluding hydrogens is 362 g/mol. The topological polar surface area (TPSA) is 69.6 Å². The van der Waals surface area contributed by atoms with Crippen LogP contribution < -0.4 is 5.32 Å². The van der Waals surface area contributed by atoms with E-state index in [1.165, 1.54) is 0 Å². The van der Waals surface area contributed by atoms with Gasteiger partial charge in [-0.15, -0.1) is 0 Å². The van der Waals surface area contributed by atoms with Gasteiger partial charge in [-0.2, -0.15) is 0 Å². The van der Waals surface area contributed by atoms with Crippen molar-refractivity contribution in [2.24, 2.45) is 0 Å². The number of aliphatic hydroxyl groups is 2. The molecule has 166 valence electrons. The Kier molecular flexibility index (Phi) is 19.9. The molecule has 0 spiro atoms. The summed E-state index contributed by atoms with van der Waals surface area (Å²) in [5.41, 5.74) is 0. The quantitative estimate of drug-likeness (QED) is 0.212. The minimum Gasteiger partial charge on any atom is -0.394 e. The fourth-order valence-corrected chi connectivity index (χ4v) is 2.84. The van der Waals surface area contributed by atoms with Crippen LogP contribution >= 0.6 is 0 Å². The van der Waals surface area contributed by atoms with E-state index in [4.69, 9.17) is 0 Å². The molecule has 3 N–H and O–H groups in total. The second kappa shape index (κ2) is 21.1. The summed E-state index contributed by atoms with van der Waals surface area (Å²) in [5, 5.41) is 22.3. The number of nitrogens with one attached hydrogen (secondary N) is 1. The minimum atomic E-state index is -0.682. The zero-order chi connectivity index (χ0) is 21.6. The molecule has 2 unspecified atom stereocenters. The number of hydrogen-bond acceptors (Lipinski definition) is 3. The second-order valence-corrected chi connectivity index (χ2v) is 7.31. The van der Waals surface area contributed by atoms with E-state index < -0.39 is 12.1 Å². The highest BCUT2D eigenvalue weighted by molar-refractivity contribution is 5.76. The van der Waals surface area contributed by atoms with E-state index in [1.807, 2.05) is 6.08 Å². The maximum atomic E-state index is 12.0. The summed E-state index contributed by atoms with van der Waals surface area (Å²) >= 11 is 0. The summed E-state index contributed by atoms with van der Waals surface area (Å²) in [7, 11) is 0. The lowest BCUT2D eigenvalue weighted by molar-refractivity contribution is -0.123. The van der Waals surface area contributed by atoms with Gasteiger partial charge in [-0.3, -0.25) is 4.79 Å². The molecule has 0 saturated heterocycles. The largest absolute Gasteiger partial charge is 0.394 e. The van der Waals surface area contributed by atoms with Crippen LogP contribution in [0.4, 0.5) is 0 Å². The Bertz CT molecular complexity index is 494. The van der Waals surface area contributed by atoms with Gasteiger partial charge in [0.15, 0.2) is 0 Å². The molecule has 2 atom stereocenters. The number of unbranched alkanes of at least 4 members (excludes halogenated alkanes) is 3. The van der Waals surface area contributed by atoms with Crippen LogP contribution in [0.3, 0.4) is 0 Å². The molecule has 1 amide bonds. The molecule has 4 heteroatoms. The van der Waals surface area contributed by atoms with Crippen molar-refractivity contribution in [2.75, 3.05) is 6.61 Å². The summed E-state index contributed by atoms with van der Waals surface area (Å²) in [6, 6.07) is -0.568.